The quantitative estimate of drug-likeness (QED) is 0.357. The van der Waals surface area contributed by atoms with Crippen molar-refractivity contribution >= 4 is 17.5 Å². The summed E-state index contributed by atoms with van der Waals surface area (Å²) in [5.41, 5.74) is -2.30. The van der Waals surface area contributed by atoms with E-state index in [1.165, 1.54) is 6.92 Å². The van der Waals surface area contributed by atoms with Gasteiger partial charge in [0, 0.05) is 26.1 Å². The number of halogens is 3. The minimum atomic E-state index is -2.09. The monoisotopic (exact) mass is 319 g/mol. The molecule has 120 valence electrons. The third kappa shape index (κ3) is 4.17. The molecule has 0 unspecified atom stereocenters. The Balaban J connectivity index is 2.81. The van der Waals surface area contributed by atoms with Crippen molar-refractivity contribution < 1.29 is 27.7 Å². The molecule has 0 aliphatic heterocycles. The van der Waals surface area contributed by atoms with E-state index in [1.54, 1.807) is 0 Å². The zero-order chi connectivity index (χ0) is 16.9. The van der Waals surface area contributed by atoms with Crippen LogP contribution in [0, 0.1) is 27.6 Å². The van der Waals surface area contributed by atoms with Gasteiger partial charge in [0.05, 0.1) is 10.5 Å². The van der Waals surface area contributed by atoms with Gasteiger partial charge in [0.25, 0.3) is 5.91 Å². The number of rotatable bonds is 6. The molecule has 2 N–H and O–H groups in total. The van der Waals surface area contributed by atoms with Crippen molar-refractivity contribution in [3.63, 3.8) is 0 Å². The first kappa shape index (κ1) is 17.4. The number of nitrogens with one attached hydrogen (secondary N) is 2. The smallest absolute Gasteiger partial charge is 0.308 e. The van der Waals surface area contributed by atoms with E-state index in [-0.39, 0.29) is 19.0 Å². The Hall–Kier alpha value is -2.65. The second-order valence-corrected chi connectivity index (χ2v) is 4.23. The highest BCUT2D eigenvalue weighted by atomic mass is 19.2. The molecule has 0 radical (unpaired) electrons. The fraction of sp³-hybridized carbons (Fsp3) is 0.333. The van der Waals surface area contributed by atoms with E-state index in [0.29, 0.717) is 12.5 Å². The largest absolute Gasteiger partial charge is 0.356 e. The van der Waals surface area contributed by atoms with Gasteiger partial charge in [-0.3, -0.25) is 19.7 Å². The highest BCUT2D eigenvalue weighted by Crippen LogP contribution is 2.25. The summed E-state index contributed by atoms with van der Waals surface area (Å²) in [6.45, 7) is 1.55. The predicted octanol–water partition coefficient (Wildman–Crippen LogP) is 1.27. The summed E-state index contributed by atoms with van der Waals surface area (Å²) in [5.74, 6) is -7.25. The molecule has 22 heavy (non-hydrogen) atoms. The van der Waals surface area contributed by atoms with Crippen LogP contribution in [0.25, 0.3) is 0 Å². The predicted molar refractivity (Wildman–Crippen MR) is 68.6 cm³/mol. The molecular weight excluding hydrogens is 307 g/mol. The summed E-state index contributed by atoms with van der Waals surface area (Å²) in [6, 6.07) is 0.330. The number of nitro benzene ring substituents is 1. The lowest BCUT2D eigenvalue weighted by Gasteiger charge is -2.07. The lowest BCUT2D eigenvalue weighted by molar-refractivity contribution is -0.387. The molecule has 10 heteroatoms. The molecule has 0 aromatic heterocycles. The lowest BCUT2D eigenvalue weighted by atomic mass is 10.1. The van der Waals surface area contributed by atoms with E-state index >= 15 is 0 Å². The minimum absolute atomic E-state index is 0.00530. The van der Waals surface area contributed by atoms with Crippen molar-refractivity contribution in [1.29, 1.82) is 0 Å². The molecule has 0 aliphatic carbocycles. The zero-order valence-corrected chi connectivity index (χ0v) is 11.4. The minimum Gasteiger partial charge on any atom is -0.356 e. The molecule has 1 aromatic rings. The molecule has 1 aromatic carbocycles. The Morgan fingerprint density at radius 3 is 2.27 bits per heavy atom. The third-order valence-corrected chi connectivity index (χ3v) is 2.58. The van der Waals surface area contributed by atoms with Crippen LogP contribution in [0.1, 0.15) is 23.7 Å². The second-order valence-electron chi connectivity index (χ2n) is 4.23. The van der Waals surface area contributed by atoms with Crippen LogP contribution in [0.4, 0.5) is 18.9 Å². The Morgan fingerprint density at radius 2 is 1.73 bits per heavy atom. The van der Waals surface area contributed by atoms with Crippen molar-refractivity contribution in [2.24, 2.45) is 0 Å². The summed E-state index contributed by atoms with van der Waals surface area (Å²) in [4.78, 5) is 31.5. The van der Waals surface area contributed by atoms with E-state index in [2.05, 4.69) is 10.6 Å². The molecule has 0 aliphatic rings. The number of carbonyl (C=O) groups excluding carboxylic acids is 2. The van der Waals surface area contributed by atoms with Crippen LogP contribution in [0.15, 0.2) is 6.07 Å². The number of nitrogens with zero attached hydrogens (tertiary/aromatic N) is 1. The molecule has 0 saturated carbocycles. The first-order valence-electron chi connectivity index (χ1n) is 6.10. The molecule has 0 bridgehead atoms. The van der Waals surface area contributed by atoms with Gasteiger partial charge in [-0.2, -0.15) is 4.39 Å². The maximum atomic E-state index is 13.5. The van der Waals surface area contributed by atoms with Gasteiger partial charge < -0.3 is 10.6 Å². The maximum Gasteiger partial charge on any atom is 0.308 e. The third-order valence-electron chi connectivity index (χ3n) is 2.58. The summed E-state index contributed by atoms with van der Waals surface area (Å²) in [7, 11) is 0. The first-order valence-corrected chi connectivity index (χ1v) is 6.10. The normalized spacial score (nSPS) is 10.2. The second kappa shape index (κ2) is 7.38. The van der Waals surface area contributed by atoms with Crippen LogP contribution in [0.2, 0.25) is 0 Å². The fourth-order valence-corrected chi connectivity index (χ4v) is 1.54. The maximum absolute atomic E-state index is 13.5. The van der Waals surface area contributed by atoms with Gasteiger partial charge in [-0.15, -0.1) is 0 Å². The van der Waals surface area contributed by atoms with Gasteiger partial charge >= 0.3 is 5.69 Å². The Bertz CT molecular complexity index is 622. The summed E-state index contributed by atoms with van der Waals surface area (Å²) in [5, 5.41) is 15.2. The molecule has 0 saturated heterocycles. The lowest BCUT2D eigenvalue weighted by Crippen LogP contribution is -2.29. The SMILES string of the molecule is CC(=O)NCCCNC(=O)c1cc([N+](=O)[O-])c(F)c(F)c1F. The molecule has 0 heterocycles. The van der Waals surface area contributed by atoms with E-state index < -0.39 is 39.5 Å². The number of hydrogen-bond acceptors (Lipinski definition) is 4. The van der Waals surface area contributed by atoms with Gasteiger partial charge in [0.2, 0.25) is 17.5 Å². The van der Waals surface area contributed by atoms with Crippen LogP contribution in [-0.4, -0.2) is 29.8 Å². The molecule has 1 rings (SSSR count). The van der Waals surface area contributed by atoms with Gasteiger partial charge in [-0.25, -0.2) is 8.78 Å². The fourth-order valence-electron chi connectivity index (χ4n) is 1.54. The Morgan fingerprint density at radius 1 is 1.14 bits per heavy atom. The molecular formula is C12H12F3N3O4. The van der Waals surface area contributed by atoms with Crippen LogP contribution in [0.3, 0.4) is 0 Å². The number of hydrogen-bond donors (Lipinski definition) is 2. The molecule has 7 nitrogen and oxygen atoms in total. The Kier molecular flexibility index (Phi) is 5.84. The highest BCUT2D eigenvalue weighted by Gasteiger charge is 2.28. The number of benzene rings is 1. The first-order chi connectivity index (χ1) is 10.3. The number of carbonyl (C=O) groups is 2. The van der Waals surface area contributed by atoms with Gasteiger partial charge in [-0.1, -0.05) is 0 Å². The Labute approximate surface area is 122 Å². The van der Waals surface area contributed by atoms with Gasteiger partial charge in [-0.05, 0) is 6.42 Å². The van der Waals surface area contributed by atoms with Crippen molar-refractivity contribution in [2.75, 3.05) is 13.1 Å². The zero-order valence-electron chi connectivity index (χ0n) is 11.4. The molecule has 0 fully saturated rings. The average molecular weight is 319 g/mol. The van der Waals surface area contributed by atoms with E-state index in [0.717, 1.165) is 0 Å². The van der Waals surface area contributed by atoms with E-state index in [1.807, 2.05) is 0 Å². The summed E-state index contributed by atoms with van der Waals surface area (Å²) in [6.07, 6.45) is 0.304. The van der Waals surface area contributed by atoms with Crippen molar-refractivity contribution in [3.05, 3.63) is 39.2 Å². The van der Waals surface area contributed by atoms with Crippen molar-refractivity contribution in [1.82, 2.24) is 10.6 Å². The van der Waals surface area contributed by atoms with Crippen LogP contribution in [-0.2, 0) is 4.79 Å². The molecule has 0 spiro atoms. The van der Waals surface area contributed by atoms with Crippen molar-refractivity contribution in [2.45, 2.75) is 13.3 Å². The van der Waals surface area contributed by atoms with E-state index in [4.69, 9.17) is 0 Å². The number of amides is 2. The molecule has 0 atom stereocenters. The van der Waals surface area contributed by atoms with Crippen LogP contribution < -0.4 is 10.6 Å². The number of nitro groups is 1. The van der Waals surface area contributed by atoms with Crippen LogP contribution in [0.5, 0.6) is 0 Å². The molecule has 2 amide bonds. The topological polar surface area (TPSA) is 101 Å². The highest BCUT2D eigenvalue weighted by molar-refractivity contribution is 5.95. The van der Waals surface area contributed by atoms with Gasteiger partial charge in [0.15, 0.2) is 5.82 Å². The average Bonchev–Trinajstić information content (AvgIpc) is 2.43. The summed E-state index contributed by atoms with van der Waals surface area (Å²) >= 11 is 0. The summed E-state index contributed by atoms with van der Waals surface area (Å²) < 4.78 is 39.9. The van der Waals surface area contributed by atoms with Crippen molar-refractivity contribution in [3.8, 4) is 0 Å². The van der Waals surface area contributed by atoms with E-state index in [9.17, 15) is 32.9 Å². The standard InChI is InChI=1S/C12H12F3N3O4/c1-6(19)16-3-2-4-17-12(20)7-5-8(18(21)22)10(14)11(15)9(7)13/h5H,2-4H2,1H3,(H,16,19)(H,17,20). The van der Waals surface area contributed by atoms with Crippen LogP contribution >= 0.6 is 0 Å². The van der Waals surface area contributed by atoms with Gasteiger partial charge in [0.1, 0.15) is 0 Å².